The Morgan fingerprint density at radius 3 is 2.25 bits per heavy atom. The first kappa shape index (κ1) is 8.52. The van der Waals surface area contributed by atoms with E-state index < -0.39 is 0 Å². The molecule has 12 heavy (non-hydrogen) atoms. The monoisotopic (exact) mass is 167 g/mol. The number of hydrogen-bond acceptors (Lipinski definition) is 2. The lowest BCUT2D eigenvalue weighted by Gasteiger charge is -2.37. The van der Waals surface area contributed by atoms with Crippen LogP contribution in [0, 0.1) is 6.17 Å². The molecule has 0 aromatic carbocycles. The van der Waals surface area contributed by atoms with Crippen LogP contribution in [0.15, 0.2) is 0 Å². The molecular weight excluding hydrogens is 148 g/mol. The zero-order chi connectivity index (χ0) is 8.39. The normalized spacial score (nSPS) is 29.8. The van der Waals surface area contributed by atoms with Crippen LogP contribution in [-0.2, 0) is 0 Å². The number of hydrogen-bond donors (Lipinski definition) is 0. The molecule has 0 aliphatic carbocycles. The minimum atomic E-state index is 1.27. The van der Waals surface area contributed by atoms with Gasteiger partial charge in [0.05, 0.1) is 0 Å². The molecule has 69 valence electrons. The highest BCUT2D eigenvalue weighted by Gasteiger charge is 2.27. The summed E-state index contributed by atoms with van der Waals surface area (Å²) >= 11 is 0. The van der Waals surface area contributed by atoms with Crippen molar-refractivity contribution in [1.29, 1.82) is 0 Å². The number of likely N-dealkylation sites (tertiary alicyclic amines) is 2. The van der Waals surface area contributed by atoms with Crippen molar-refractivity contribution in [2.45, 2.75) is 32.1 Å². The fourth-order valence-electron chi connectivity index (χ4n) is 2.33. The first-order chi connectivity index (χ1) is 5.88. The van der Waals surface area contributed by atoms with Crippen molar-refractivity contribution in [3.8, 4) is 0 Å². The summed E-state index contributed by atoms with van der Waals surface area (Å²) in [4.78, 5) is 5.04. The van der Waals surface area contributed by atoms with Crippen molar-refractivity contribution in [3.05, 3.63) is 6.17 Å². The molecule has 0 aromatic rings. The summed E-state index contributed by atoms with van der Waals surface area (Å²) in [6.07, 6.45) is 8.51. The molecule has 2 heteroatoms. The summed E-state index contributed by atoms with van der Waals surface area (Å²) in [7, 11) is 2.24. The van der Waals surface area contributed by atoms with Gasteiger partial charge in [-0.3, -0.25) is 9.80 Å². The smallest absolute Gasteiger partial charge is 0.106 e. The maximum atomic E-state index is 2.58. The molecule has 2 rings (SSSR count). The summed E-state index contributed by atoms with van der Waals surface area (Å²) in [6, 6.07) is 0. The maximum absolute atomic E-state index is 2.58. The third kappa shape index (κ3) is 1.64. The molecule has 2 nitrogen and oxygen atoms in total. The van der Waals surface area contributed by atoms with Crippen molar-refractivity contribution in [2.75, 3.05) is 26.7 Å². The molecule has 0 N–H and O–H groups in total. The average molecular weight is 167 g/mol. The SMILES string of the molecule is CN1CCCC[C]1N1CCCC1. The lowest BCUT2D eigenvalue weighted by atomic mass is 10.1. The van der Waals surface area contributed by atoms with Gasteiger partial charge in [0.25, 0.3) is 0 Å². The molecule has 0 bridgehead atoms. The van der Waals surface area contributed by atoms with Crippen LogP contribution in [0.4, 0.5) is 0 Å². The molecule has 2 aliphatic rings. The summed E-state index contributed by atoms with van der Waals surface area (Å²) < 4.78 is 0. The van der Waals surface area contributed by atoms with E-state index in [1.165, 1.54) is 51.7 Å². The predicted molar refractivity (Wildman–Crippen MR) is 50.5 cm³/mol. The van der Waals surface area contributed by atoms with E-state index in [1.54, 1.807) is 6.17 Å². The fourth-order valence-corrected chi connectivity index (χ4v) is 2.33. The van der Waals surface area contributed by atoms with Crippen molar-refractivity contribution >= 4 is 0 Å². The lowest BCUT2D eigenvalue weighted by Crippen LogP contribution is -2.40. The van der Waals surface area contributed by atoms with Gasteiger partial charge in [0.1, 0.15) is 6.17 Å². The summed E-state index contributed by atoms with van der Waals surface area (Å²) in [5.74, 6) is 0. The van der Waals surface area contributed by atoms with Crippen molar-refractivity contribution < 1.29 is 0 Å². The Labute approximate surface area is 75.5 Å². The summed E-state index contributed by atoms with van der Waals surface area (Å²) in [5, 5.41) is 0. The molecule has 2 saturated heterocycles. The fraction of sp³-hybridized carbons (Fsp3) is 0.900. The van der Waals surface area contributed by atoms with Gasteiger partial charge in [0.2, 0.25) is 0 Å². The highest BCUT2D eigenvalue weighted by molar-refractivity contribution is 4.93. The van der Waals surface area contributed by atoms with E-state index in [0.29, 0.717) is 0 Å². The van der Waals surface area contributed by atoms with Gasteiger partial charge in [0.15, 0.2) is 0 Å². The van der Waals surface area contributed by atoms with E-state index >= 15 is 0 Å². The Bertz CT molecular complexity index is 141. The maximum Gasteiger partial charge on any atom is 0.106 e. The highest BCUT2D eigenvalue weighted by atomic mass is 15.3. The van der Waals surface area contributed by atoms with Crippen molar-refractivity contribution in [2.24, 2.45) is 0 Å². The molecule has 0 amide bonds. The average Bonchev–Trinajstić information content (AvgIpc) is 2.57. The zero-order valence-corrected chi connectivity index (χ0v) is 8.05. The van der Waals surface area contributed by atoms with Crippen LogP contribution in [0.5, 0.6) is 0 Å². The second-order valence-electron chi connectivity index (χ2n) is 3.99. The number of rotatable bonds is 1. The van der Waals surface area contributed by atoms with Gasteiger partial charge < -0.3 is 0 Å². The standard InChI is InChI=1S/C10H19N2/c1-11-7-3-2-6-10(11)12-8-4-5-9-12/h2-9H2,1H3. The van der Waals surface area contributed by atoms with Crippen LogP contribution in [0.1, 0.15) is 32.1 Å². The van der Waals surface area contributed by atoms with Gasteiger partial charge in [-0.15, -0.1) is 0 Å². The Morgan fingerprint density at radius 2 is 1.58 bits per heavy atom. The molecule has 0 atom stereocenters. The second kappa shape index (κ2) is 3.75. The summed E-state index contributed by atoms with van der Waals surface area (Å²) in [6.45, 7) is 3.88. The molecule has 2 fully saturated rings. The van der Waals surface area contributed by atoms with Gasteiger partial charge in [-0.25, -0.2) is 0 Å². The highest BCUT2D eigenvalue weighted by Crippen LogP contribution is 2.27. The first-order valence-electron chi connectivity index (χ1n) is 5.20. The van der Waals surface area contributed by atoms with E-state index in [0.717, 1.165) is 0 Å². The number of piperidine rings is 1. The van der Waals surface area contributed by atoms with Crippen LogP contribution >= 0.6 is 0 Å². The van der Waals surface area contributed by atoms with Gasteiger partial charge >= 0.3 is 0 Å². The molecular formula is C10H19N2. The first-order valence-corrected chi connectivity index (χ1v) is 5.20. The third-order valence-electron chi connectivity index (χ3n) is 3.06. The van der Waals surface area contributed by atoms with Gasteiger partial charge in [-0.05, 0) is 45.7 Å². The predicted octanol–water partition coefficient (Wildman–Crippen LogP) is 1.69. The molecule has 0 saturated carbocycles. The van der Waals surface area contributed by atoms with E-state index in [-0.39, 0.29) is 0 Å². The topological polar surface area (TPSA) is 6.48 Å². The lowest BCUT2D eigenvalue weighted by molar-refractivity contribution is 0.144. The van der Waals surface area contributed by atoms with Crippen molar-refractivity contribution in [1.82, 2.24) is 9.80 Å². The Morgan fingerprint density at radius 1 is 0.917 bits per heavy atom. The molecule has 0 unspecified atom stereocenters. The largest absolute Gasteiger partial charge is 0.286 e. The number of nitrogens with zero attached hydrogens (tertiary/aromatic N) is 2. The van der Waals surface area contributed by atoms with E-state index in [9.17, 15) is 0 Å². The second-order valence-corrected chi connectivity index (χ2v) is 3.99. The van der Waals surface area contributed by atoms with Crippen LogP contribution < -0.4 is 0 Å². The minimum absolute atomic E-state index is 1.27. The van der Waals surface area contributed by atoms with Gasteiger partial charge in [-0.1, -0.05) is 0 Å². The Balaban J connectivity index is 1.91. The van der Waals surface area contributed by atoms with Gasteiger partial charge in [-0.2, -0.15) is 0 Å². The van der Waals surface area contributed by atoms with E-state index in [1.807, 2.05) is 0 Å². The molecule has 1 radical (unpaired) electrons. The Kier molecular flexibility index (Phi) is 2.66. The zero-order valence-electron chi connectivity index (χ0n) is 8.05. The van der Waals surface area contributed by atoms with E-state index in [2.05, 4.69) is 16.8 Å². The molecule has 2 heterocycles. The minimum Gasteiger partial charge on any atom is -0.286 e. The quantitative estimate of drug-likeness (QED) is 0.586. The van der Waals surface area contributed by atoms with Crippen LogP contribution in [0.2, 0.25) is 0 Å². The molecule has 2 aliphatic heterocycles. The van der Waals surface area contributed by atoms with Crippen LogP contribution in [0.3, 0.4) is 0 Å². The Hall–Kier alpha value is -0.0800. The summed E-state index contributed by atoms with van der Waals surface area (Å²) in [5.41, 5.74) is 0. The van der Waals surface area contributed by atoms with Crippen LogP contribution in [-0.4, -0.2) is 36.5 Å². The molecule has 0 aromatic heterocycles. The van der Waals surface area contributed by atoms with Crippen LogP contribution in [0.25, 0.3) is 0 Å². The third-order valence-corrected chi connectivity index (χ3v) is 3.06. The van der Waals surface area contributed by atoms with Crippen molar-refractivity contribution in [3.63, 3.8) is 0 Å². The molecule has 0 spiro atoms. The van der Waals surface area contributed by atoms with Gasteiger partial charge in [0, 0.05) is 13.1 Å². The van der Waals surface area contributed by atoms with E-state index in [4.69, 9.17) is 0 Å².